The number of halogens is 5. The first-order valence-corrected chi connectivity index (χ1v) is 7.59. The van der Waals surface area contributed by atoms with Gasteiger partial charge in [-0.3, -0.25) is 0 Å². The Morgan fingerprint density at radius 1 is 1.00 bits per heavy atom. The lowest BCUT2D eigenvalue weighted by Gasteiger charge is -2.17. The van der Waals surface area contributed by atoms with E-state index in [1.54, 1.807) is 25.1 Å². The molecule has 1 unspecified atom stereocenters. The van der Waals surface area contributed by atoms with Crippen molar-refractivity contribution in [2.45, 2.75) is 19.2 Å². The van der Waals surface area contributed by atoms with Crippen LogP contribution in [-0.2, 0) is 6.18 Å². The Labute approximate surface area is 137 Å². The van der Waals surface area contributed by atoms with Crippen molar-refractivity contribution >= 4 is 31.9 Å². The number of hydrogen-bond acceptors (Lipinski definition) is 1. The molecule has 0 bridgehead atoms. The van der Waals surface area contributed by atoms with E-state index in [4.69, 9.17) is 0 Å². The lowest BCUT2D eigenvalue weighted by atomic mass is 9.96. The van der Waals surface area contributed by atoms with Gasteiger partial charge in [-0.25, -0.2) is 0 Å². The summed E-state index contributed by atoms with van der Waals surface area (Å²) in [6.45, 7) is 1.56. The number of alkyl halides is 3. The van der Waals surface area contributed by atoms with E-state index in [0.29, 0.717) is 21.2 Å². The molecule has 0 aliphatic heterocycles. The fraction of sp³-hybridized carbons (Fsp3) is 0.200. The number of rotatable bonds is 2. The smallest absolute Gasteiger partial charge is 0.384 e. The van der Waals surface area contributed by atoms with Gasteiger partial charge < -0.3 is 5.11 Å². The first kappa shape index (κ1) is 16.5. The fourth-order valence-corrected chi connectivity index (χ4v) is 2.89. The molecule has 0 saturated carbocycles. The molecule has 0 amide bonds. The number of aliphatic hydroxyl groups is 1. The molecule has 2 aromatic carbocycles. The van der Waals surface area contributed by atoms with Crippen LogP contribution in [0.1, 0.15) is 28.4 Å². The fourth-order valence-electron chi connectivity index (χ4n) is 2.05. The zero-order chi connectivity index (χ0) is 15.8. The van der Waals surface area contributed by atoms with Crippen LogP contribution in [0, 0.1) is 6.92 Å². The van der Waals surface area contributed by atoms with Gasteiger partial charge in [-0.2, -0.15) is 13.2 Å². The molecule has 21 heavy (non-hydrogen) atoms. The third kappa shape index (κ3) is 3.67. The quantitative estimate of drug-likeness (QED) is 0.664. The van der Waals surface area contributed by atoms with Gasteiger partial charge in [0.25, 0.3) is 0 Å². The van der Waals surface area contributed by atoms with Gasteiger partial charge in [-0.05, 0) is 48.4 Å². The molecule has 2 rings (SSSR count). The van der Waals surface area contributed by atoms with E-state index in [2.05, 4.69) is 31.9 Å². The maximum absolute atomic E-state index is 12.7. The topological polar surface area (TPSA) is 20.2 Å². The Morgan fingerprint density at radius 2 is 1.67 bits per heavy atom. The zero-order valence-corrected chi connectivity index (χ0v) is 14.1. The summed E-state index contributed by atoms with van der Waals surface area (Å²) in [5, 5.41) is 10.4. The Hall–Kier alpha value is -0.850. The molecule has 0 radical (unpaired) electrons. The van der Waals surface area contributed by atoms with Gasteiger partial charge in [0.05, 0.1) is 5.56 Å². The van der Waals surface area contributed by atoms with Gasteiger partial charge in [-0.1, -0.05) is 37.9 Å². The highest BCUT2D eigenvalue weighted by molar-refractivity contribution is 9.11. The molecular formula is C15H11Br2F3O. The van der Waals surface area contributed by atoms with E-state index >= 15 is 0 Å². The largest absolute Gasteiger partial charge is 0.416 e. The highest BCUT2D eigenvalue weighted by Crippen LogP contribution is 2.35. The van der Waals surface area contributed by atoms with Crippen molar-refractivity contribution in [1.29, 1.82) is 0 Å². The summed E-state index contributed by atoms with van der Waals surface area (Å²) >= 11 is 6.65. The van der Waals surface area contributed by atoms with Crippen molar-refractivity contribution < 1.29 is 18.3 Å². The molecule has 1 N–H and O–H groups in total. The Morgan fingerprint density at radius 3 is 2.24 bits per heavy atom. The summed E-state index contributed by atoms with van der Waals surface area (Å²) in [5.74, 6) is 0. The second-order valence-corrected chi connectivity index (χ2v) is 6.41. The lowest BCUT2D eigenvalue weighted by Crippen LogP contribution is -2.08. The molecule has 0 aliphatic rings. The number of aryl methyl sites for hydroxylation is 1. The minimum Gasteiger partial charge on any atom is -0.384 e. The van der Waals surface area contributed by atoms with Crippen molar-refractivity contribution in [3.05, 3.63) is 67.6 Å². The predicted octanol–water partition coefficient (Wildman–Crippen LogP) is 5.62. The molecule has 0 fully saturated rings. The van der Waals surface area contributed by atoms with E-state index in [0.717, 1.165) is 16.6 Å². The zero-order valence-electron chi connectivity index (χ0n) is 10.9. The maximum Gasteiger partial charge on any atom is 0.416 e. The van der Waals surface area contributed by atoms with Crippen molar-refractivity contribution in [3.8, 4) is 0 Å². The van der Waals surface area contributed by atoms with Crippen LogP contribution in [0.3, 0.4) is 0 Å². The molecule has 1 atom stereocenters. The highest BCUT2D eigenvalue weighted by atomic mass is 79.9. The first-order chi connectivity index (χ1) is 9.70. The van der Waals surface area contributed by atoms with Crippen LogP contribution in [0.25, 0.3) is 0 Å². The number of benzene rings is 2. The Kier molecular flexibility index (Phi) is 4.80. The van der Waals surface area contributed by atoms with E-state index in [9.17, 15) is 18.3 Å². The monoisotopic (exact) mass is 422 g/mol. The minimum atomic E-state index is -4.38. The van der Waals surface area contributed by atoms with Crippen LogP contribution in [0.5, 0.6) is 0 Å². The minimum absolute atomic E-state index is 0.393. The van der Waals surface area contributed by atoms with Crippen molar-refractivity contribution in [2.75, 3.05) is 0 Å². The van der Waals surface area contributed by atoms with Crippen LogP contribution in [0.2, 0.25) is 0 Å². The van der Waals surface area contributed by atoms with Crippen molar-refractivity contribution in [3.63, 3.8) is 0 Å². The van der Waals surface area contributed by atoms with Crippen LogP contribution in [-0.4, -0.2) is 5.11 Å². The Balaban J connectivity index is 2.44. The first-order valence-electron chi connectivity index (χ1n) is 6.01. The van der Waals surface area contributed by atoms with Gasteiger partial charge in [0.15, 0.2) is 0 Å². The van der Waals surface area contributed by atoms with Gasteiger partial charge in [0, 0.05) is 14.5 Å². The van der Waals surface area contributed by atoms with E-state index in [1.165, 1.54) is 6.07 Å². The molecule has 0 spiro atoms. The molecule has 0 aromatic heterocycles. The van der Waals surface area contributed by atoms with Crippen LogP contribution in [0.15, 0.2) is 45.3 Å². The van der Waals surface area contributed by atoms with Gasteiger partial charge in [0.2, 0.25) is 0 Å². The molecule has 0 heterocycles. The number of aliphatic hydroxyl groups excluding tert-OH is 1. The molecule has 6 heteroatoms. The lowest BCUT2D eigenvalue weighted by molar-refractivity contribution is -0.137. The average Bonchev–Trinajstić information content (AvgIpc) is 2.39. The second kappa shape index (κ2) is 6.10. The van der Waals surface area contributed by atoms with E-state index in [-0.39, 0.29) is 0 Å². The molecule has 2 aromatic rings. The normalized spacial score (nSPS) is 13.3. The highest BCUT2D eigenvalue weighted by Gasteiger charge is 2.31. The SMILES string of the molecule is Cc1cc(C(F)(F)F)ccc1C(O)c1cc(Br)ccc1Br. The van der Waals surface area contributed by atoms with E-state index in [1.807, 2.05) is 0 Å². The maximum atomic E-state index is 12.7. The van der Waals surface area contributed by atoms with Gasteiger partial charge in [-0.15, -0.1) is 0 Å². The van der Waals surface area contributed by atoms with Crippen LogP contribution < -0.4 is 0 Å². The van der Waals surface area contributed by atoms with E-state index < -0.39 is 17.8 Å². The third-order valence-electron chi connectivity index (χ3n) is 3.14. The third-order valence-corrected chi connectivity index (χ3v) is 4.36. The molecule has 112 valence electrons. The standard InChI is InChI=1S/C15H11Br2F3O/c1-8-6-9(15(18,19)20)2-4-11(8)14(21)12-7-10(16)3-5-13(12)17/h2-7,14,21H,1H3. The molecule has 0 aliphatic carbocycles. The predicted molar refractivity (Wildman–Crippen MR) is 82.1 cm³/mol. The summed E-state index contributed by atoms with van der Waals surface area (Å²) in [6, 6.07) is 8.64. The Bertz CT molecular complexity index is 668. The summed E-state index contributed by atoms with van der Waals surface area (Å²) in [7, 11) is 0. The molecule has 0 saturated heterocycles. The van der Waals surface area contributed by atoms with Crippen LogP contribution in [0.4, 0.5) is 13.2 Å². The second-order valence-electron chi connectivity index (χ2n) is 4.64. The van der Waals surface area contributed by atoms with Crippen LogP contribution >= 0.6 is 31.9 Å². The van der Waals surface area contributed by atoms with Gasteiger partial charge >= 0.3 is 6.18 Å². The number of hydrogen-bond donors (Lipinski definition) is 1. The average molecular weight is 424 g/mol. The summed E-state index contributed by atoms with van der Waals surface area (Å²) in [4.78, 5) is 0. The summed E-state index contributed by atoms with van der Waals surface area (Å²) in [6.07, 6.45) is -5.39. The molecule has 1 nitrogen and oxygen atoms in total. The summed E-state index contributed by atoms with van der Waals surface area (Å²) in [5.41, 5.74) is 0.711. The van der Waals surface area contributed by atoms with Crippen molar-refractivity contribution in [2.24, 2.45) is 0 Å². The van der Waals surface area contributed by atoms with Gasteiger partial charge in [0.1, 0.15) is 6.10 Å². The molecular weight excluding hydrogens is 413 g/mol. The summed E-state index contributed by atoms with van der Waals surface area (Å²) < 4.78 is 39.5. The van der Waals surface area contributed by atoms with Crippen molar-refractivity contribution in [1.82, 2.24) is 0 Å².